The second-order valence-electron chi connectivity index (χ2n) is 4.90. The van der Waals surface area contributed by atoms with Crippen molar-refractivity contribution >= 4 is 11.6 Å². The molecule has 0 spiro atoms. The SMILES string of the molecule is CCCNc1cc(NCC(CC)CC)nc(CC)n1. The summed E-state index contributed by atoms with van der Waals surface area (Å²) in [7, 11) is 0. The second-order valence-corrected chi connectivity index (χ2v) is 4.90. The van der Waals surface area contributed by atoms with E-state index >= 15 is 0 Å². The Labute approximate surface area is 117 Å². The molecule has 4 nitrogen and oxygen atoms in total. The van der Waals surface area contributed by atoms with Crippen molar-refractivity contribution in [1.29, 1.82) is 0 Å². The number of nitrogens with one attached hydrogen (secondary N) is 2. The molecule has 0 unspecified atom stereocenters. The lowest BCUT2D eigenvalue weighted by molar-refractivity contribution is 0.518. The summed E-state index contributed by atoms with van der Waals surface area (Å²) in [6.45, 7) is 10.7. The van der Waals surface area contributed by atoms with Crippen molar-refractivity contribution < 1.29 is 0 Å². The van der Waals surface area contributed by atoms with E-state index in [0.29, 0.717) is 5.92 Å². The number of rotatable bonds is 9. The Hall–Kier alpha value is -1.32. The smallest absolute Gasteiger partial charge is 0.132 e. The summed E-state index contributed by atoms with van der Waals surface area (Å²) in [5.74, 6) is 3.48. The number of aryl methyl sites for hydroxylation is 1. The van der Waals surface area contributed by atoms with Crippen LogP contribution in [-0.4, -0.2) is 23.1 Å². The van der Waals surface area contributed by atoms with Crippen molar-refractivity contribution in [2.24, 2.45) is 5.92 Å². The molecule has 0 saturated carbocycles. The Morgan fingerprint density at radius 2 is 1.63 bits per heavy atom. The van der Waals surface area contributed by atoms with Crippen LogP contribution in [0.2, 0.25) is 0 Å². The van der Waals surface area contributed by atoms with Crippen molar-refractivity contribution in [3.63, 3.8) is 0 Å². The second kappa shape index (κ2) is 8.73. The van der Waals surface area contributed by atoms with Crippen molar-refractivity contribution in [2.45, 2.75) is 53.4 Å². The molecule has 0 radical (unpaired) electrons. The number of nitrogens with zero attached hydrogens (tertiary/aromatic N) is 2. The predicted octanol–water partition coefficient (Wildman–Crippen LogP) is 3.71. The van der Waals surface area contributed by atoms with Crippen molar-refractivity contribution in [2.75, 3.05) is 23.7 Å². The molecule has 0 amide bonds. The summed E-state index contributed by atoms with van der Waals surface area (Å²) in [6.07, 6.45) is 4.37. The minimum atomic E-state index is 0.715. The van der Waals surface area contributed by atoms with Gasteiger partial charge in [0.15, 0.2) is 0 Å². The molecule has 108 valence electrons. The molecule has 1 heterocycles. The lowest BCUT2D eigenvalue weighted by Gasteiger charge is -2.15. The fraction of sp³-hybridized carbons (Fsp3) is 0.733. The summed E-state index contributed by atoms with van der Waals surface area (Å²) >= 11 is 0. The third kappa shape index (κ3) is 5.45. The van der Waals surface area contributed by atoms with E-state index in [1.807, 2.05) is 6.07 Å². The first kappa shape index (κ1) is 15.7. The zero-order valence-electron chi connectivity index (χ0n) is 12.8. The molecule has 0 aromatic carbocycles. The van der Waals surface area contributed by atoms with E-state index in [0.717, 1.165) is 43.4 Å². The summed E-state index contributed by atoms with van der Waals surface area (Å²) in [5.41, 5.74) is 0. The Morgan fingerprint density at radius 1 is 1.00 bits per heavy atom. The lowest BCUT2D eigenvalue weighted by Crippen LogP contribution is -2.15. The molecule has 0 aliphatic rings. The zero-order valence-corrected chi connectivity index (χ0v) is 12.8. The first-order chi connectivity index (χ1) is 9.23. The quantitative estimate of drug-likeness (QED) is 0.714. The van der Waals surface area contributed by atoms with Gasteiger partial charge in [-0.3, -0.25) is 0 Å². The molecule has 1 rings (SSSR count). The maximum absolute atomic E-state index is 4.54. The van der Waals surface area contributed by atoms with Gasteiger partial charge >= 0.3 is 0 Å². The lowest BCUT2D eigenvalue weighted by atomic mass is 10.0. The molecule has 1 aromatic heterocycles. The minimum absolute atomic E-state index is 0.715. The molecule has 19 heavy (non-hydrogen) atoms. The molecule has 0 aliphatic heterocycles. The summed E-state index contributed by atoms with van der Waals surface area (Å²) in [5, 5.41) is 6.78. The normalized spacial score (nSPS) is 10.8. The van der Waals surface area contributed by atoms with E-state index in [1.165, 1.54) is 12.8 Å². The van der Waals surface area contributed by atoms with Crippen LogP contribution in [0.1, 0.15) is 52.8 Å². The number of hydrogen-bond donors (Lipinski definition) is 2. The van der Waals surface area contributed by atoms with Crippen LogP contribution in [0.5, 0.6) is 0 Å². The van der Waals surface area contributed by atoms with Gasteiger partial charge in [-0.15, -0.1) is 0 Å². The largest absolute Gasteiger partial charge is 0.370 e. The molecular formula is C15H28N4. The van der Waals surface area contributed by atoms with Crippen LogP contribution in [0.15, 0.2) is 6.07 Å². The zero-order chi connectivity index (χ0) is 14.1. The van der Waals surface area contributed by atoms with Crippen molar-refractivity contribution in [1.82, 2.24) is 9.97 Å². The van der Waals surface area contributed by atoms with Gasteiger partial charge in [0.2, 0.25) is 0 Å². The minimum Gasteiger partial charge on any atom is -0.370 e. The Balaban J connectivity index is 2.70. The molecule has 4 heteroatoms. The van der Waals surface area contributed by atoms with Gasteiger partial charge in [-0.2, -0.15) is 0 Å². The molecule has 2 N–H and O–H groups in total. The number of anilines is 2. The molecule has 1 aromatic rings. The number of aromatic nitrogens is 2. The van der Waals surface area contributed by atoms with Crippen LogP contribution in [0.4, 0.5) is 11.6 Å². The van der Waals surface area contributed by atoms with Gasteiger partial charge in [0.1, 0.15) is 17.5 Å². The van der Waals surface area contributed by atoms with Gasteiger partial charge in [0.05, 0.1) is 0 Å². The molecule has 0 aliphatic carbocycles. The van der Waals surface area contributed by atoms with Crippen LogP contribution in [0.25, 0.3) is 0 Å². The first-order valence-corrected chi connectivity index (χ1v) is 7.59. The monoisotopic (exact) mass is 264 g/mol. The van der Waals surface area contributed by atoms with Gasteiger partial charge in [-0.05, 0) is 12.3 Å². The fourth-order valence-electron chi connectivity index (χ4n) is 1.92. The van der Waals surface area contributed by atoms with Crippen LogP contribution >= 0.6 is 0 Å². The Kier molecular flexibility index (Phi) is 7.23. The average Bonchev–Trinajstić information content (AvgIpc) is 2.46. The van der Waals surface area contributed by atoms with E-state index in [2.05, 4.69) is 48.3 Å². The van der Waals surface area contributed by atoms with Crippen molar-refractivity contribution in [3.05, 3.63) is 11.9 Å². The van der Waals surface area contributed by atoms with Crippen LogP contribution in [-0.2, 0) is 6.42 Å². The van der Waals surface area contributed by atoms with Gasteiger partial charge < -0.3 is 10.6 Å². The van der Waals surface area contributed by atoms with Crippen LogP contribution in [0.3, 0.4) is 0 Å². The van der Waals surface area contributed by atoms with E-state index in [9.17, 15) is 0 Å². The van der Waals surface area contributed by atoms with E-state index in [1.54, 1.807) is 0 Å². The highest BCUT2D eigenvalue weighted by atomic mass is 15.1. The predicted molar refractivity (Wildman–Crippen MR) is 82.8 cm³/mol. The highest BCUT2D eigenvalue weighted by Crippen LogP contribution is 2.14. The standard InChI is InChI=1S/C15H28N4/c1-5-9-16-14-10-15(19-13(8-4)18-14)17-11-12(6-2)7-3/h10,12H,5-9,11H2,1-4H3,(H2,16,17,18,19). The first-order valence-electron chi connectivity index (χ1n) is 7.59. The fourth-order valence-corrected chi connectivity index (χ4v) is 1.92. The maximum Gasteiger partial charge on any atom is 0.132 e. The van der Waals surface area contributed by atoms with E-state index in [-0.39, 0.29) is 0 Å². The molecule has 0 fully saturated rings. The third-order valence-electron chi connectivity index (χ3n) is 3.37. The molecular weight excluding hydrogens is 236 g/mol. The topological polar surface area (TPSA) is 49.8 Å². The van der Waals surface area contributed by atoms with Crippen LogP contribution in [0, 0.1) is 5.92 Å². The Bertz CT molecular complexity index is 361. The van der Waals surface area contributed by atoms with Gasteiger partial charge in [-0.1, -0.05) is 40.5 Å². The average molecular weight is 264 g/mol. The van der Waals surface area contributed by atoms with E-state index in [4.69, 9.17) is 0 Å². The molecule has 0 saturated heterocycles. The molecule has 0 bridgehead atoms. The summed E-state index contributed by atoms with van der Waals surface area (Å²) in [6, 6.07) is 2.01. The van der Waals surface area contributed by atoms with E-state index < -0.39 is 0 Å². The maximum atomic E-state index is 4.54. The Morgan fingerprint density at radius 3 is 2.16 bits per heavy atom. The van der Waals surface area contributed by atoms with Crippen molar-refractivity contribution in [3.8, 4) is 0 Å². The highest BCUT2D eigenvalue weighted by Gasteiger charge is 2.06. The van der Waals surface area contributed by atoms with Gasteiger partial charge in [0, 0.05) is 25.6 Å². The number of hydrogen-bond acceptors (Lipinski definition) is 4. The van der Waals surface area contributed by atoms with Gasteiger partial charge in [0.25, 0.3) is 0 Å². The third-order valence-corrected chi connectivity index (χ3v) is 3.37. The van der Waals surface area contributed by atoms with Crippen LogP contribution < -0.4 is 10.6 Å². The summed E-state index contributed by atoms with van der Waals surface area (Å²) in [4.78, 5) is 9.03. The van der Waals surface area contributed by atoms with Gasteiger partial charge in [-0.25, -0.2) is 9.97 Å². The molecule has 0 atom stereocenters. The summed E-state index contributed by atoms with van der Waals surface area (Å²) < 4.78 is 0. The highest BCUT2D eigenvalue weighted by molar-refractivity contribution is 5.47.